The molecule has 0 aliphatic carbocycles. The average molecular weight is 364 g/mol. The molecule has 2 heterocycles. The number of hydrogen-bond acceptors (Lipinski definition) is 5. The lowest BCUT2D eigenvalue weighted by molar-refractivity contribution is -0.123. The molecule has 27 heavy (non-hydrogen) atoms. The lowest BCUT2D eigenvalue weighted by atomic mass is 10.1. The number of carbonyl (C=O) groups excluding carboxylic acids is 1. The van der Waals surface area contributed by atoms with Crippen LogP contribution in [-0.2, 0) is 4.79 Å². The number of benzene rings is 2. The molecule has 0 saturated carbocycles. The Morgan fingerprint density at radius 1 is 1.15 bits per heavy atom. The summed E-state index contributed by atoms with van der Waals surface area (Å²) in [5.74, 6) is 1.83. The molecule has 0 fully saturated rings. The molecular weight excluding hydrogens is 344 g/mol. The van der Waals surface area contributed by atoms with Crippen LogP contribution in [0.2, 0.25) is 0 Å². The Labute approximate surface area is 157 Å². The van der Waals surface area contributed by atoms with Crippen molar-refractivity contribution in [2.24, 2.45) is 0 Å². The van der Waals surface area contributed by atoms with Crippen LogP contribution in [0.5, 0.6) is 17.2 Å². The summed E-state index contributed by atoms with van der Waals surface area (Å²) in [7, 11) is 0. The van der Waals surface area contributed by atoms with E-state index in [1.165, 1.54) is 0 Å². The van der Waals surface area contributed by atoms with Gasteiger partial charge in [-0.3, -0.25) is 9.78 Å². The molecule has 0 radical (unpaired) electrons. The van der Waals surface area contributed by atoms with E-state index in [2.05, 4.69) is 10.3 Å². The Hall–Kier alpha value is -3.28. The Morgan fingerprint density at radius 2 is 1.96 bits per heavy atom. The number of nitrogens with zero attached hydrogens (tertiary/aromatic N) is 1. The van der Waals surface area contributed by atoms with Gasteiger partial charge in [-0.2, -0.15) is 0 Å². The number of para-hydroxylation sites is 1. The Bertz CT molecular complexity index is 968. The second-order valence-corrected chi connectivity index (χ2v) is 6.31. The monoisotopic (exact) mass is 364 g/mol. The first-order chi connectivity index (χ1) is 13.2. The van der Waals surface area contributed by atoms with Gasteiger partial charge in [0.05, 0.1) is 6.04 Å². The number of aromatic nitrogens is 1. The van der Waals surface area contributed by atoms with E-state index in [1.54, 1.807) is 6.20 Å². The normalized spacial score (nSPS) is 13.8. The summed E-state index contributed by atoms with van der Waals surface area (Å²) in [4.78, 5) is 16.6. The standard InChI is InChI=1S/C21H20N2O4/c1-14(16-7-8-17-19(12-16)26-11-10-25-17)23-20(24)13-27-18-6-2-4-15-5-3-9-22-21(15)18/h2-9,12,14H,10-11,13H2,1H3,(H,23,24)/t14-/m1/s1. The van der Waals surface area contributed by atoms with Gasteiger partial charge in [0.25, 0.3) is 5.91 Å². The summed E-state index contributed by atoms with van der Waals surface area (Å²) < 4.78 is 16.8. The van der Waals surface area contributed by atoms with E-state index in [4.69, 9.17) is 14.2 Å². The van der Waals surface area contributed by atoms with Crippen LogP contribution in [0.4, 0.5) is 0 Å². The number of rotatable bonds is 5. The van der Waals surface area contributed by atoms with Crippen LogP contribution in [0.1, 0.15) is 18.5 Å². The van der Waals surface area contributed by atoms with Gasteiger partial charge in [-0.25, -0.2) is 0 Å². The first kappa shape index (κ1) is 17.1. The highest BCUT2D eigenvalue weighted by Crippen LogP contribution is 2.32. The quantitative estimate of drug-likeness (QED) is 0.752. The summed E-state index contributed by atoms with van der Waals surface area (Å²) in [6.07, 6.45) is 1.71. The van der Waals surface area contributed by atoms with E-state index >= 15 is 0 Å². The van der Waals surface area contributed by atoms with Crippen molar-refractivity contribution in [2.45, 2.75) is 13.0 Å². The van der Waals surface area contributed by atoms with Gasteiger partial charge < -0.3 is 19.5 Å². The maximum Gasteiger partial charge on any atom is 0.258 e. The second kappa shape index (κ2) is 7.53. The van der Waals surface area contributed by atoms with Gasteiger partial charge >= 0.3 is 0 Å². The first-order valence-corrected chi connectivity index (χ1v) is 8.86. The van der Waals surface area contributed by atoms with Gasteiger partial charge in [0, 0.05) is 11.6 Å². The molecule has 4 rings (SSSR count). The lowest BCUT2D eigenvalue weighted by Crippen LogP contribution is -2.31. The number of ether oxygens (including phenoxy) is 3. The van der Waals surface area contributed by atoms with Gasteiger partial charge in [-0.05, 0) is 36.8 Å². The maximum atomic E-state index is 12.3. The van der Waals surface area contributed by atoms with Crippen molar-refractivity contribution in [1.29, 1.82) is 0 Å². The molecule has 0 spiro atoms. The molecule has 6 heteroatoms. The van der Waals surface area contributed by atoms with Crippen molar-refractivity contribution in [1.82, 2.24) is 10.3 Å². The Morgan fingerprint density at radius 3 is 2.85 bits per heavy atom. The summed E-state index contributed by atoms with van der Waals surface area (Å²) >= 11 is 0. The number of amides is 1. The summed E-state index contributed by atoms with van der Waals surface area (Å²) in [6.45, 7) is 2.93. The summed E-state index contributed by atoms with van der Waals surface area (Å²) in [5.41, 5.74) is 1.69. The van der Waals surface area contributed by atoms with Gasteiger partial charge in [0.2, 0.25) is 0 Å². The van der Waals surface area contributed by atoms with Crippen molar-refractivity contribution >= 4 is 16.8 Å². The van der Waals surface area contributed by atoms with Crippen molar-refractivity contribution in [2.75, 3.05) is 19.8 Å². The first-order valence-electron chi connectivity index (χ1n) is 8.86. The molecule has 1 amide bonds. The van der Waals surface area contributed by atoms with Crippen LogP contribution in [-0.4, -0.2) is 30.7 Å². The number of fused-ring (bicyclic) bond motifs is 2. The van der Waals surface area contributed by atoms with E-state index in [0.717, 1.165) is 22.2 Å². The number of hydrogen-bond donors (Lipinski definition) is 1. The molecule has 1 aliphatic heterocycles. The minimum Gasteiger partial charge on any atom is -0.486 e. The highest BCUT2D eigenvalue weighted by atomic mass is 16.6. The minimum atomic E-state index is -0.203. The van der Waals surface area contributed by atoms with Crippen molar-refractivity contribution < 1.29 is 19.0 Å². The van der Waals surface area contributed by atoms with E-state index in [1.807, 2.05) is 55.5 Å². The zero-order valence-electron chi connectivity index (χ0n) is 15.0. The van der Waals surface area contributed by atoms with Crippen LogP contribution >= 0.6 is 0 Å². The fourth-order valence-electron chi connectivity index (χ4n) is 3.03. The molecule has 2 aromatic carbocycles. The molecule has 0 unspecified atom stereocenters. The van der Waals surface area contributed by atoms with E-state index in [9.17, 15) is 4.79 Å². The second-order valence-electron chi connectivity index (χ2n) is 6.31. The third kappa shape index (κ3) is 3.79. The zero-order chi connectivity index (χ0) is 18.6. The third-order valence-electron chi connectivity index (χ3n) is 4.40. The molecular formula is C21H20N2O4. The molecule has 6 nitrogen and oxygen atoms in total. The van der Waals surface area contributed by atoms with Crippen LogP contribution < -0.4 is 19.5 Å². The molecule has 1 aliphatic rings. The molecule has 0 saturated heterocycles. The molecule has 3 aromatic rings. The minimum absolute atomic E-state index is 0.0788. The highest BCUT2D eigenvalue weighted by molar-refractivity contribution is 5.85. The molecule has 1 atom stereocenters. The van der Waals surface area contributed by atoms with Gasteiger partial charge in [0.1, 0.15) is 24.5 Å². The summed E-state index contributed by atoms with van der Waals surface area (Å²) in [6, 6.07) is 15.0. The van der Waals surface area contributed by atoms with E-state index < -0.39 is 0 Å². The molecule has 138 valence electrons. The van der Waals surface area contributed by atoms with Crippen molar-refractivity contribution in [3.05, 3.63) is 60.3 Å². The fourth-order valence-corrected chi connectivity index (χ4v) is 3.03. The van der Waals surface area contributed by atoms with Crippen LogP contribution in [0, 0.1) is 0 Å². The Kier molecular flexibility index (Phi) is 4.78. The molecule has 1 N–H and O–H groups in total. The Balaban J connectivity index is 1.39. The third-order valence-corrected chi connectivity index (χ3v) is 4.40. The van der Waals surface area contributed by atoms with Gasteiger partial charge in [-0.15, -0.1) is 0 Å². The number of pyridine rings is 1. The fraction of sp³-hybridized carbons (Fsp3) is 0.238. The van der Waals surface area contributed by atoms with E-state index in [-0.39, 0.29) is 18.6 Å². The highest BCUT2D eigenvalue weighted by Gasteiger charge is 2.16. The molecule has 1 aromatic heterocycles. The van der Waals surface area contributed by atoms with E-state index in [0.29, 0.717) is 24.7 Å². The van der Waals surface area contributed by atoms with Gasteiger partial charge in [-0.1, -0.05) is 24.3 Å². The van der Waals surface area contributed by atoms with Crippen molar-refractivity contribution in [3.63, 3.8) is 0 Å². The zero-order valence-corrected chi connectivity index (χ0v) is 15.0. The predicted octanol–water partition coefficient (Wildman–Crippen LogP) is 3.26. The van der Waals surface area contributed by atoms with Gasteiger partial charge in [0.15, 0.2) is 18.1 Å². The smallest absolute Gasteiger partial charge is 0.258 e. The topological polar surface area (TPSA) is 69.7 Å². The molecule has 0 bridgehead atoms. The number of carbonyl (C=O) groups is 1. The average Bonchev–Trinajstić information content (AvgIpc) is 2.71. The van der Waals surface area contributed by atoms with Crippen molar-refractivity contribution in [3.8, 4) is 17.2 Å². The number of nitrogens with one attached hydrogen (secondary N) is 1. The lowest BCUT2D eigenvalue weighted by Gasteiger charge is -2.21. The predicted molar refractivity (Wildman–Crippen MR) is 101 cm³/mol. The maximum absolute atomic E-state index is 12.3. The van der Waals surface area contributed by atoms with Crippen LogP contribution in [0.15, 0.2) is 54.7 Å². The van der Waals surface area contributed by atoms with Crippen LogP contribution in [0.3, 0.4) is 0 Å². The summed E-state index contributed by atoms with van der Waals surface area (Å²) in [5, 5.41) is 3.91. The largest absolute Gasteiger partial charge is 0.486 e. The van der Waals surface area contributed by atoms with Crippen LogP contribution in [0.25, 0.3) is 10.9 Å². The SMILES string of the molecule is C[C@@H](NC(=O)COc1cccc2cccnc12)c1ccc2c(c1)OCCO2.